The summed E-state index contributed by atoms with van der Waals surface area (Å²) in [6.07, 6.45) is 2.31. The molecule has 188 valence electrons. The van der Waals surface area contributed by atoms with Crippen LogP contribution in [0, 0.1) is 0 Å². The van der Waals surface area contributed by atoms with Crippen molar-refractivity contribution in [3.63, 3.8) is 0 Å². The average molecular weight is 499 g/mol. The molecule has 4 aromatic carbocycles. The highest BCUT2D eigenvalue weighted by atomic mass is 16.6. The van der Waals surface area contributed by atoms with E-state index in [1.807, 2.05) is 31.2 Å². The number of phenolic OH excluding ortho intramolecular Hbond substituents is 1. The van der Waals surface area contributed by atoms with E-state index in [1.165, 1.54) is 19.4 Å². The first kappa shape index (κ1) is 25.2. The van der Waals surface area contributed by atoms with Gasteiger partial charge in [-0.15, -0.1) is 0 Å². The lowest BCUT2D eigenvalue weighted by Crippen LogP contribution is -2.17. The Bertz CT molecular complexity index is 1450. The first-order valence-corrected chi connectivity index (χ1v) is 11.7. The summed E-state index contributed by atoms with van der Waals surface area (Å²) in [6, 6.07) is 22.1. The Morgan fingerprint density at radius 1 is 0.946 bits per heavy atom. The lowest BCUT2D eigenvalue weighted by Gasteiger charge is -2.10. The van der Waals surface area contributed by atoms with Crippen LogP contribution >= 0.6 is 0 Å². The largest absolute Gasteiger partial charge is 0.507 e. The van der Waals surface area contributed by atoms with Crippen molar-refractivity contribution in [2.45, 2.75) is 13.3 Å². The van der Waals surface area contributed by atoms with E-state index in [4.69, 9.17) is 14.2 Å². The second-order valence-electron chi connectivity index (χ2n) is 8.09. The number of hydrazone groups is 1. The number of phenols is 1. The molecule has 0 aliphatic heterocycles. The number of hydrogen-bond donors (Lipinski definition) is 2. The fourth-order valence-electron chi connectivity index (χ4n) is 3.55. The van der Waals surface area contributed by atoms with Crippen molar-refractivity contribution in [1.29, 1.82) is 0 Å². The fourth-order valence-corrected chi connectivity index (χ4v) is 3.55. The van der Waals surface area contributed by atoms with Gasteiger partial charge in [-0.25, -0.2) is 10.2 Å². The molecule has 0 aromatic heterocycles. The maximum atomic E-state index is 12.6. The molecule has 0 radical (unpaired) electrons. The number of fused-ring (bicyclic) bond motifs is 1. The summed E-state index contributed by atoms with van der Waals surface area (Å²) in [7, 11) is 1.46. The van der Waals surface area contributed by atoms with E-state index in [0.717, 1.165) is 17.2 Å². The van der Waals surface area contributed by atoms with Crippen LogP contribution in [0.15, 0.2) is 84.0 Å². The van der Waals surface area contributed by atoms with Gasteiger partial charge in [-0.2, -0.15) is 5.10 Å². The standard InChI is InChI=1S/C29H26N2O6/c1-3-14-36-23-11-9-20(10-12-23)29(34)37-26-13-8-19(15-27(26)35-2)18-30-31-28(33)24-16-21-6-4-5-7-22(21)17-25(24)32/h4-13,15-18,32H,3,14H2,1-2H3,(H,31,33)/b30-18-. The van der Waals surface area contributed by atoms with E-state index in [9.17, 15) is 14.7 Å². The molecule has 0 heterocycles. The van der Waals surface area contributed by atoms with Crippen LogP contribution in [-0.2, 0) is 0 Å². The van der Waals surface area contributed by atoms with Crippen molar-refractivity contribution in [3.8, 4) is 23.0 Å². The predicted octanol–water partition coefficient (Wildman–Crippen LogP) is 5.33. The van der Waals surface area contributed by atoms with Gasteiger partial charge in [-0.1, -0.05) is 31.2 Å². The number of aromatic hydroxyl groups is 1. The molecular weight excluding hydrogens is 472 g/mol. The molecule has 0 aliphatic rings. The SMILES string of the molecule is CCCOc1ccc(C(=O)Oc2ccc(/C=N\NC(=O)c3cc4ccccc4cc3O)cc2OC)cc1. The predicted molar refractivity (Wildman–Crippen MR) is 141 cm³/mol. The van der Waals surface area contributed by atoms with Crippen molar-refractivity contribution in [2.24, 2.45) is 5.10 Å². The van der Waals surface area contributed by atoms with Crippen molar-refractivity contribution < 1.29 is 28.9 Å². The third-order valence-electron chi connectivity index (χ3n) is 5.44. The van der Waals surface area contributed by atoms with Crippen LogP contribution in [0.1, 0.15) is 39.6 Å². The zero-order valence-electron chi connectivity index (χ0n) is 20.4. The molecule has 0 fully saturated rings. The molecule has 4 rings (SSSR count). The minimum absolute atomic E-state index is 0.112. The third-order valence-corrected chi connectivity index (χ3v) is 5.44. The molecule has 0 saturated carbocycles. The Morgan fingerprint density at radius 2 is 1.68 bits per heavy atom. The number of amides is 1. The number of nitrogens with zero attached hydrogens (tertiary/aromatic N) is 1. The Kier molecular flexibility index (Phi) is 8.00. The number of carbonyl (C=O) groups excluding carboxylic acids is 2. The first-order chi connectivity index (χ1) is 18.0. The molecule has 4 aromatic rings. The van der Waals surface area contributed by atoms with E-state index < -0.39 is 11.9 Å². The maximum Gasteiger partial charge on any atom is 0.343 e. The molecule has 0 spiro atoms. The highest BCUT2D eigenvalue weighted by molar-refractivity contribution is 6.01. The van der Waals surface area contributed by atoms with Crippen molar-refractivity contribution >= 4 is 28.9 Å². The highest BCUT2D eigenvalue weighted by Crippen LogP contribution is 2.29. The van der Waals surface area contributed by atoms with Crippen LogP contribution in [-0.4, -0.2) is 36.9 Å². The summed E-state index contributed by atoms with van der Waals surface area (Å²) in [5, 5.41) is 15.8. The number of benzene rings is 4. The second-order valence-corrected chi connectivity index (χ2v) is 8.09. The van der Waals surface area contributed by atoms with Crippen LogP contribution < -0.4 is 19.6 Å². The van der Waals surface area contributed by atoms with E-state index >= 15 is 0 Å². The molecular formula is C29H26N2O6. The number of hydrogen-bond acceptors (Lipinski definition) is 7. The maximum absolute atomic E-state index is 12.6. The number of rotatable bonds is 9. The summed E-state index contributed by atoms with van der Waals surface area (Å²) in [6.45, 7) is 2.62. The van der Waals surface area contributed by atoms with E-state index in [2.05, 4.69) is 10.5 Å². The molecule has 0 bridgehead atoms. The molecule has 0 saturated heterocycles. The number of methoxy groups -OCH3 is 1. The Labute approximate surface area is 214 Å². The van der Waals surface area contributed by atoms with Gasteiger partial charge >= 0.3 is 5.97 Å². The Balaban J connectivity index is 1.41. The van der Waals surface area contributed by atoms with E-state index in [1.54, 1.807) is 48.5 Å². The van der Waals surface area contributed by atoms with Crippen LogP contribution in [0.25, 0.3) is 10.8 Å². The molecule has 8 nitrogen and oxygen atoms in total. The van der Waals surface area contributed by atoms with Gasteiger partial charge in [0.1, 0.15) is 11.5 Å². The van der Waals surface area contributed by atoms with Crippen LogP contribution in [0.5, 0.6) is 23.0 Å². The molecule has 8 heteroatoms. The van der Waals surface area contributed by atoms with Gasteiger partial charge in [0.15, 0.2) is 11.5 Å². The fraction of sp³-hybridized carbons (Fsp3) is 0.138. The third kappa shape index (κ3) is 6.24. The van der Waals surface area contributed by atoms with Gasteiger partial charge in [0, 0.05) is 0 Å². The monoisotopic (exact) mass is 498 g/mol. The van der Waals surface area contributed by atoms with Gasteiger partial charge in [-0.3, -0.25) is 4.79 Å². The molecule has 0 aliphatic carbocycles. The number of carbonyl (C=O) groups is 2. The summed E-state index contributed by atoms with van der Waals surface area (Å²) in [5.74, 6) is 0.0111. The van der Waals surface area contributed by atoms with Crippen molar-refractivity contribution in [2.75, 3.05) is 13.7 Å². The normalized spacial score (nSPS) is 10.9. The van der Waals surface area contributed by atoms with Crippen molar-refractivity contribution in [1.82, 2.24) is 5.43 Å². The Hall–Kier alpha value is -4.85. The highest BCUT2D eigenvalue weighted by Gasteiger charge is 2.14. The molecule has 0 unspecified atom stereocenters. The molecule has 0 atom stereocenters. The first-order valence-electron chi connectivity index (χ1n) is 11.7. The summed E-state index contributed by atoms with van der Waals surface area (Å²) in [5.41, 5.74) is 3.49. The summed E-state index contributed by atoms with van der Waals surface area (Å²) >= 11 is 0. The van der Waals surface area contributed by atoms with Gasteiger partial charge in [-0.05, 0) is 77.4 Å². The summed E-state index contributed by atoms with van der Waals surface area (Å²) < 4.78 is 16.4. The lowest BCUT2D eigenvalue weighted by molar-refractivity contribution is 0.0729. The molecule has 2 N–H and O–H groups in total. The number of nitrogens with one attached hydrogen (secondary N) is 1. The zero-order chi connectivity index (χ0) is 26.2. The minimum atomic E-state index is -0.553. The second kappa shape index (κ2) is 11.7. The van der Waals surface area contributed by atoms with E-state index in [-0.39, 0.29) is 17.1 Å². The minimum Gasteiger partial charge on any atom is -0.507 e. The average Bonchev–Trinajstić information content (AvgIpc) is 2.92. The number of ether oxygens (including phenoxy) is 3. The smallest absolute Gasteiger partial charge is 0.343 e. The molecule has 37 heavy (non-hydrogen) atoms. The quantitative estimate of drug-likeness (QED) is 0.140. The van der Waals surface area contributed by atoms with Crippen molar-refractivity contribution in [3.05, 3.63) is 95.6 Å². The molecule has 1 amide bonds. The van der Waals surface area contributed by atoms with Crippen LogP contribution in [0.4, 0.5) is 0 Å². The summed E-state index contributed by atoms with van der Waals surface area (Å²) in [4.78, 5) is 25.1. The van der Waals surface area contributed by atoms with E-state index in [0.29, 0.717) is 29.2 Å². The van der Waals surface area contributed by atoms with Gasteiger partial charge in [0.2, 0.25) is 0 Å². The lowest BCUT2D eigenvalue weighted by atomic mass is 10.1. The van der Waals surface area contributed by atoms with Gasteiger partial charge < -0.3 is 19.3 Å². The zero-order valence-corrected chi connectivity index (χ0v) is 20.4. The van der Waals surface area contributed by atoms with Crippen LogP contribution in [0.2, 0.25) is 0 Å². The number of esters is 1. The topological polar surface area (TPSA) is 106 Å². The Morgan fingerprint density at radius 3 is 2.38 bits per heavy atom. The van der Waals surface area contributed by atoms with Crippen LogP contribution in [0.3, 0.4) is 0 Å². The van der Waals surface area contributed by atoms with Gasteiger partial charge in [0.05, 0.1) is 31.1 Å². The van der Waals surface area contributed by atoms with Gasteiger partial charge in [0.25, 0.3) is 5.91 Å².